The molecule has 0 bridgehead atoms. The predicted molar refractivity (Wildman–Crippen MR) is 92.5 cm³/mol. The summed E-state index contributed by atoms with van der Waals surface area (Å²) < 4.78 is 5.12. The highest BCUT2D eigenvalue weighted by Crippen LogP contribution is 2.08. The van der Waals surface area contributed by atoms with E-state index in [1.165, 1.54) is 5.56 Å². The fourth-order valence-corrected chi connectivity index (χ4v) is 2.86. The van der Waals surface area contributed by atoms with E-state index in [4.69, 9.17) is 4.52 Å². The summed E-state index contributed by atoms with van der Waals surface area (Å²) in [5.41, 5.74) is 1.36. The summed E-state index contributed by atoms with van der Waals surface area (Å²) in [6, 6.07) is 10.6. The summed E-state index contributed by atoms with van der Waals surface area (Å²) in [5, 5.41) is 7.09. The van der Waals surface area contributed by atoms with E-state index < -0.39 is 0 Å². The van der Waals surface area contributed by atoms with E-state index >= 15 is 0 Å². The molecule has 0 radical (unpaired) electrons. The Labute approximate surface area is 142 Å². The molecule has 1 saturated heterocycles. The second-order valence-corrected chi connectivity index (χ2v) is 5.88. The summed E-state index contributed by atoms with van der Waals surface area (Å²) in [4.78, 5) is 13.3. The van der Waals surface area contributed by atoms with Gasteiger partial charge in [0.05, 0.1) is 6.54 Å². The second kappa shape index (κ2) is 7.92. The van der Waals surface area contributed by atoms with Crippen LogP contribution in [-0.4, -0.2) is 59.1 Å². The number of nitrogens with one attached hydrogen (secondary N) is 1. The van der Waals surface area contributed by atoms with E-state index in [0.717, 1.165) is 38.7 Å². The summed E-state index contributed by atoms with van der Waals surface area (Å²) in [6.07, 6.45) is 0. The lowest BCUT2D eigenvalue weighted by atomic mass is 10.2. The standard InChI is InChI=1S/C17H24N6O/c1-14-20-16(24-21-14)12-19-17(18-2)23-10-8-22(9-11-23)13-15-6-4-3-5-7-15/h3-7H,8-13H2,1-2H3,(H,18,19). The number of aliphatic imine (C=N–C) groups is 1. The predicted octanol–water partition coefficient (Wildman–Crippen LogP) is 1.27. The number of benzene rings is 1. The largest absolute Gasteiger partial charge is 0.347 e. The zero-order valence-electron chi connectivity index (χ0n) is 14.3. The van der Waals surface area contributed by atoms with Gasteiger partial charge >= 0.3 is 0 Å². The molecule has 128 valence electrons. The van der Waals surface area contributed by atoms with Gasteiger partial charge in [-0.15, -0.1) is 0 Å². The minimum Gasteiger partial charge on any atom is -0.347 e. The summed E-state index contributed by atoms with van der Waals surface area (Å²) in [6.45, 7) is 7.27. The quantitative estimate of drug-likeness (QED) is 0.673. The van der Waals surface area contributed by atoms with Gasteiger partial charge < -0.3 is 14.7 Å². The zero-order valence-corrected chi connectivity index (χ0v) is 14.3. The van der Waals surface area contributed by atoms with Gasteiger partial charge in [0.15, 0.2) is 11.8 Å². The van der Waals surface area contributed by atoms with E-state index in [1.807, 2.05) is 6.92 Å². The number of hydrogen-bond acceptors (Lipinski definition) is 5. The Bertz CT molecular complexity index is 661. The van der Waals surface area contributed by atoms with Crippen LogP contribution in [-0.2, 0) is 13.1 Å². The maximum absolute atomic E-state index is 5.12. The molecule has 1 fully saturated rings. The van der Waals surface area contributed by atoms with Gasteiger partial charge in [-0.2, -0.15) is 4.98 Å². The molecule has 0 saturated carbocycles. The van der Waals surface area contributed by atoms with Crippen LogP contribution >= 0.6 is 0 Å². The maximum Gasteiger partial charge on any atom is 0.246 e. The SMILES string of the molecule is CN=C(NCc1nc(C)no1)N1CCN(Cc2ccccc2)CC1. The molecule has 0 aliphatic carbocycles. The third-order valence-electron chi connectivity index (χ3n) is 4.10. The van der Waals surface area contributed by atoms with Crippen molar-refractivity contribution in [2.24, 2.45) is 4.99 Å². The van der Waals surface area contributed by atoms with Crippen molar-refractivity contribution in [1.29, 1.82) is 0 Å². The minimum atomic E-state index is 0.498. The molecule has 2 heterocycles. The highest BCUT2D eigenvalue weighted by molar-refractivity contribution is 5.79. The summed E-state index contributed by atoms with van der Waals surface area (Å²) in [5.74, 6) is 2.11. The van der Waals surface area contributed by atoms with E-state index in [1.54, 1.807) is 7.05 Å². The van der Waals surface area contributed by atoms with E-state index in [9.17, 15) is 0 Å². The Morgan fingerprint density at radius 2 is 1.96 bits per heavy atom. The smallest absolute Gasteiger partial charge is 0.246 e. The van der Waals surface area contributed by atoms with Gasteiger partial charge in [0.1, 0.15) is 0 Å². The normalized spacial score (nSPS) is 16.4. The van der Waals surface area contributed by atoms with Crippen LogP contribution < -0.4 is 5.32 Å². The number of rotatable bonds is 4. The van der Waals surface area contributed by atoms with Crippen molar-refractivity contribution >= 4 is 5.96 Å². The van der Waals surface area contributed by atoms with Crippen molar-refractivity contribution in [2.45, 2.75) is 20.0 Å². The molecule has 1 N–H and O–H groups in total. The van der Waals surface area contributed by atoms with Gasteiger partial charge in [-0.3, -0.25) is 9.89 Å². The minimum absolute atomic E-state index is 0.498. The van der Waals surface area contributed by atoms with Gasteiger partial charge in [0.25, 0.3) is 0 Å². The molecule has 0 atom stereocenters. The molecule has 0 spiro atoms. The number of piperazine rings is 1. The van der Waals surface area contributed by atoms with Gasteiger partial charge in [-0.05, 0) is 12.5 Å². The van der Waals surface area contributed by atoms with Crippen molar-refractivity contribution in [1.82, 2.24) is 25.3 Å². The molecule has 24 heavy (non-hydrogen) atoms. The number of aryl methyl sites for hydroxylation is 1. The Morgan fingerprint density at radius 3 is 2.58 bits per heavy atom. The summed E-state index contributed by atoms with van der Waals surface area (Å²) >= 11 is 0. The topological polar surface area (TPSA) is 69.8 Å². The van der Waals surface area contributed by atoms with Crippen molar-refractivity contribution in [3.63, 3.8) is 0 Å². The molecular formula is C17H24N6O. The van der Waals surface area contributed by atoms with Gasteiger partial charge in [-0.25, -0.2) is 0 Å². The first-order chi connectivity index (χ1) is 11.7. The Kier molecular flexibility index (Phi) is 5.43. The first kappa shape index (κ1) is 16.4. The van der Waals surface area contributed by atoms with Gasteiger partial charge in [0.2, 0.25) is 5.89 Å². The van der Waals surface area contributed by atoms with Crippen LogP contribution in [0.3, 0.4) is 0 Å². The lowest BCUT2D eigenvalue weighted by Crippen LogP contribution is -2.52. The number of nitrogens with zero attached hydrogens (tertiary/aromatic N) is 5. The Morgan fingerprint density at radius 1 is 1.21 bits per heavy atom. The zero-order chi connectivity index (χ0) is 16.8. The highest BCUT2D eigenvalue weighted by Gasteiger charge is 2.19. The molecule has 7 nitrogen and oxygen atoms in total. The lowest BCUT2D eigenvalue weighted by molar-refractivity contribution is 0.172. The third-order valence-corrected chi connectivity index (χ3v) is 4.10. The van der Waals surface area contributed by atoms with E-state index in [0.29, 0.717) is 18.3 Å². The first-order valence-corrected chi connectivity index (χ1v) is 8.25. The Balaban J connectivity index is 1.47. The average Bonchev–Trinajstić information content (AvgIpc) is 3.03. The number of guanidine groups is 1. The van der Waals surface area contributed by atoms with Crippen LogP contribution in [0.15, 0.2) is 39.8 Å². The van der Waals surface area contributed by atoms with Crippen molar-refractivity contribution < 1.29 is 4.52 Å². The van der Waals surface area contributed by atoms with Crippen LogP contribution in [0.5, 0.6) is 0 Å². The fourth-order valence-electron chi connectivity index (χ4n) is 2.86. The van der Waals surface area contributed by atoms with Crippen molar-refractivity contribution in [3.8, 4) is 0 Å². The molecule has 0 amide bonds. The second-order valence-electron chi connectivity index (χ2n) is 5.88. The molecular weight excluding hydrogens is 304 g/mol. The lowest BCUT2D eigenvalue weighted by Gasteiger charge is -2.36. The van der Waals surface area contributed by atoms with Crippen molar-refractivity contribution in [2.75, 3.05) is 33.2 Å². The van der Waals surface area contributed by atoms with Crippen LogP contribution in [0.4, 0.5) is 0 Å². The average molecular weight is 328 g/mol. The van der Waals surface area contributed by atoms with Gasteiger partial charge in [0, 0.05) is 39.8 Å². The van der Waals surface area contributed by atoms with E-state index in [-0.39, 0.29) is 0 Å². The van der Waals surface area contributed by atoms with E-state index in [2.05, 4.69) is 60.6 Å². The maximum atomic E-state index is 5.12. The molecule has 3 rings (SSSR count). The number of aromatic nitrogens is 2. The molecule has 1 aliphatic heterocycles. The first-order valence-electron chi connectivity index (χ1n) is 8.25. The molecule has 1 aromatic heterocycles. The number of hydrogen-bond donors (Lipinski definition) is 1. The molecule has 1 aliphatic rings. The molecule has 1 aromatic carbocycles. The van der Waals surface area contributed by atoms with Crippen LogP contribution in [0.1, 0.15) is 17.3 Å². The van der Waals surface area contributed by atoms with Crippen LogP contribution in [0, 0.1) is 6.92 Å². The third kappa shape index (κ3) is 4.32. The molecule has 7 heteroatoms. The van der Waals surface area contributed by atoms with Gasteiger partial charge in [-0.1, -0.05) is 35.5 Å². The monoisotopic (exact) mass is 328 g/mol. The molecule has 2 aromatic rings. The van der Waals surface area contributed by atoms with Crippen molar-refractivity contribution in [3.05, 3.63) is 47.6 Å². The van der Waals surface area contributed by atoms with Crippen LogP contribution in [0.25, 0.3) is 0 Å². The highest BCUT2D eigenvalue weighted by atomic mass is 16.5. The Hall–Kier alpha value is -2.41. The fraction of sp³-hybridized carbons (Fsp3) is 0.471. The van der Waals surface area contributed by atoms with Crippen LogP contribution in [0.2, 0.25) is 0 Å². The molecule has 0 unspecified atom stereocenters. The summed E-state index contributed by atoms with van der Waals surface area (Å²) in [7, 11) is 1.80.